The van der Waals surface area contributed by atoms with Gasteiger partial charge >= 0.3 is 12.1 Å². The number of methoxy groups -OCH3 is 1. The molecule has 7 nitrogen and oxygen atoms in total. The first-order chi connectivity index (χ1) is 17.6. The molecule has 5 rings (SSSR count). The predicted octanol–water partition coefficient (Wildman–Crippen LogP) is 7.34. The minimum Gasteiger partial charge on any atom is -0.497 e. The Morgan fingerprint density at radius 1 is 0.865 bits per heavy atom. The molecule has 0 aliphatic carbocycles. The van der Waals surface area contributed by atoms with Crippen molar-refractivity contribution in [3.05, 3.63) is 92.9 Å². The minimum absolute atomic E-state index is 0.0265. The third kappa shape index (κ3) is 4.90. The quantitative estimate of drug-likeness (QED) is 0.160. The summed E-state index contributed by atoms with van der Waals surface area (Å²) < 4.78 is 68.3. The maximum Gasteiger partial charge on any atom is 0.453 e. The van der Waals surface area contributed by atoms with Crippen LogP contribution in [0.2, 0.25) is 0 Å². The molecule has 3 aromatic carbocycles. The second kappa shape index (κ2) is 9.32. The van der Waals surface area contributed by atoms with E-state index in [1.807, 2.05) is 0 Å². The van der Waals surface area contributed by atoms with Crippen molar-refractivity contribution in [3.63, 3.8) is 0 Å². The number of halogens is 4. The Hall–Kier alpha value is -4.25. The van der Waals surface area contributed by atoms with E-state index in [0.29, 0.717) is 16.7 Å². The first kappa shape index (κ1) is 24.4. The molecule has 37 heavy (non-hydrogen) atoms. The molecule has 0 unspecified atom stereocenters. The van der Waals surface area contributed by atoms with E-state index in [9.17, 15) is 22.8 Å². The number of furan rings is 1. The van der Waals surface area contributed by atoms with Crippen molar-refractivity contribution < 1.29 is 41.0 Å². The van der Waals surface area contributed by atoms with Crippen LogP contribution in [0.15, 0.2) is 84.8 Å². The molecular weight excluding hydrogens is 561 g/mol. The summed E-state index contributed by atoms with van der Waals surface area (Å²) in [6.07, 6.45) is -5.05. The highest BCUT2D eigenvalue weighted by atomic mass is 79.9. The van der Waals surface area contributed by atoms with Gasteiger partial charge in [0.1, 0.15) is 28.4 Å². The van der Waals surface area contributed by atoms with E-state index in [4.69, 9.17) is 23.0 Å². The summed E-state index contributed by atoms with van der Waals surface area (Å²) in [6, 6.07) is 15.7. The van der Waals surface area contributed by atoms with Gasteiger partial charge < -0.3 is 23.0 Å². The normalized spacial score (nSPS) is 11.6. The van der Waals surface area contributed by atoms with E-state index >= 15 is 0 Å². The van der Waals surface area contributed by atoms with Crippen molar-refractivity contribution in [2.45, 2.75) is 6.18 Å². The fourth-order valence-electron chi connectivity index (χ4n) is 3.53. The van der Waals surface area contributed by atoms with E-state index < -0.39 is 34.7 Å². The molecule has 0 fully saturated rings. The number of rotatable bonds is 5. The lowest BCUT2D eigenvalue weighted by molar-refractivity contribution is -0.154. The van der Waals surface area contributed by atoms with Crippen LogP contribution in [0.3, 0.4) is 0 Å². The topological polar surface area (TPSA) is 88.1 Å². The number of ether oxygens (including phenoxy) is 3. The largest absolute Gasteiger partial charge is 0.497 e. The van der Waals surface area contributed by atoms with Gasteiger partial charge in [-0.05, 0) is 60.7 Å². The molecule has 0 spiro atoms. The van der Waals surface area contributed by atoms with Crippen molar-refractivity contribution in [2.24, 2.45) is 0 Å². The Labute approximate surface area is 214 Å². The molecule has 2 heterocycles. The molecule has 0 saturated heterocycles. The molecule has 5 aromatic rings. The van der Waals surface area contributed by atoms with Crippen LogP contribution >= 0.6 is 15.9 Å². The number of hydrogen-bond donors (Lipinski definition) is 0. The summed E-state index contributed by atoms with van der Waals surface area (Å²) in [6.45, 7) is 0. The highest BCUT2D eigenvalue weighted by Gasteiger charge is 2.40. The number of carbonyl (C=O) groups excluding carboxylic acids is 1. The first-order valence-electron chi connectivity index (χ1n) is 10.5. The van der Waals surface area contributed by atoms with Crippen molar-refractivity contribution in [2.75, 3.05) is 7.11 Å². The van der Waals surface area contributed by atoms with E-state index in [1.165, 1.54) is 49.6 Å². The van der Waals surface area contributed by atoms with E-state index in [1.54, 1.807) is 18.2 Å². The molecule has 2 aromatic heterocycles. The summed E-state index contributed by atoms with van der Waals surface area (Å²) in [4.78, 5) is 25.5. The molecule has 0 amide bonds. The second-order valence-corrected chi connectivity index (χ2v) is 8.62. The Morgan fingerprint density at radius 2 is 1.57 bits per heavy atom. The van der Waals surface area contributed by atoms with Crippen LogP contribution in [-0.2, 0) is 6.18 Å². The Bertz CT molecular complexity index is 1700. The van der Waals surface area contributed by atoms with Crippen LogP contribution in [-0.4, -0.2) is 13.1 Å². The molecule has 0 atom stereocenters. The van der Waals surface area contributed by atoms with Crippen molar-refractivity contribution in [1.29, 1.82) is 0 Å². The lowest BCUT2D eigenvalue weighted by Crippen LogP contribution is -2.15. The Balaban J connectivity index is 1.50. The fraction of sp³-hybridized carbons (Fsp3) is 0.0769. The lowest BCUT2D eigenvalue weighted by atomic mass is 10.2. The lowest BCUT2D eigenvalue weighted by Gasteiger charge is -2.13. The standard InChI is InChI=1S/C26H14BrF3O7/c1-33-15-3-5-16(6-4-15)34-23-22(31)18-8-7-17(12-20(18)37-24(23)26(28,29)30)35-25(32)21-11-13-10-14(27)2-9-19(13)36-21/h2-12H,1H3. The highest BCUT2D eigenvalue weighted by molar-refractivity contribution is 9.10. The van der Waals surface area contributed by atoms with E-state index in [2.05, 4.69) is 15.9 Å². The summed E-state index contributed by atoms with van der Waals surface area (Å²) in [7, 11) is 1.43. The minimum atomic E-state index is -5.05. The van der Waals surface area contributed by atoms with Gasteiger partial charge in [-0.3, -0.25) is 4.79 Å². The van der Waals surface area contributed by atoms with Crippen molar-refractivity contribution in [3.8, 4) is 23.0 Å². The van der Waals surface area contributed by atoms with Crippen LogP contribution in [0, 0.1) is 0 Å². The number of hydrogen-bond acceptors (Lipinski definition) is 7. The maximum atomic E-state index is 13.8. The number of benzene rings is 3. The van der Waals surface area contributed by atoms with Gasteiger partial charge in [0.05, 0.1) is 12.5 Å². The van der Waals surface area contributed by atoms with Gasteiger partial charge in [-0.25, -0.2) is 4.79 Å². The van der Waals surface area contributed by atoms with Gasteiger partial charge in [0.2, 0.25) is 16.9 Å². The van der Waals surface area contributed by atoms with Crippen LogP contribution in [0.4, 0.5) is 13.2 Å². The third-order valence-corrected chi connectivity index (χ3v) is 5.74. The Kier molecular flexibility index (Phi) is 6.16. The zero-order chi connectivity index (χ0) is 26.3. The SMILES string of the molecule is COc1ccc(Oc2c(C(F)(F)F)oc3cc(OC(=O)c4cc5cc(Br)ccc5o4)ccc3c2=O)cc1. The van der Waals surface area contributed by atoms with Gasteiger partial charge in [0.15, 0.2) is 0 Å². The van der Waals surface area contributed by atoms with Gasteiger partial charge in [-0.1, -0.05) is 15.9 Å². The maximum absolute atomic E-state index is 13.8. The van der Waals surface area contributed by atoms with Gasteiger partial charge in [0.25, 0.3) is 5.76 Å². The van der Waals surface area contributed by atoms with Gasteiger partial charge in [-0.15, -0.1) is 0 Å². The van der Waals surface area contributed by atoms with Crippen LogP contribution in [0.5, 0.6) is 23.0 Å². The van der Waals surface area contributed by atoms with Crippen LogP contribution in [0.1, 0.15) is 16.3 Å². The number of alkyl halides is 3. The Morgan fingerprint density at radius 3 is 2.27 bits per heavy atom. The number of esters is 1. The zero-order valence-electron chi connectivity index (χ0n) is 18.7. The molecular formula is C26H14BrF3O7. The second-order valence-electron chi connectivity index (χ2n) is 7.71. The van der Waals surface area contributed by atoms with E-state index in [-0.39, 0.29) is 22.6 Å². The number of carbonyl (C=O) groups is 1. The van der Waals surface area contributed by atoms with Gasteiger partial charge in [0, 0.05) is 15.9 Å². The summed E-state index contributed by atoms with van der Waals surface area (Å²) in [5.74, 6) is -3.39. The molecule has 0 N–H and O–H groups in total. The van der Waals surface area contributed by atoms with Gasteiger partial charge in [-0.2, -0.15) is 13.2 Å². The molecule has 188 valence electrons. The van der Waals surface area contributed by atoms with Crippen LogP contribution < -0.4 is 19.6 Å². The van der Waals surface area contributed by atoms with Crippen molar-refractivity contribution >= 4 is 43.8 Å². The molecule has 0 aliphatic heterocycles. The van der Waals surface area contributed by atoms with Crippen LogP contribution in [0.25, 0.3) is 21.9 Å². The molecule has 11 heteroatoms. The zero-order valence-corrected chi connectivity index (χ0v) is 20.3. The summed E-state index contributed by atoms with van der Waals surface area (Å²) >= 11 is 3.32. The smallest absolute Gasteiger partial charge is 0.453 e. The average molecular weight is 575 g/mol. The summed E-state index contributed by atoms with van der Waals surface area (Å²) in [5.41, 5.74) is -1.05. The number of fused-ring (bicyclic) bond motifs is 2. The molecule has 0 aliphatic rings. The predicted molar refractivity (Wildman–Crippen MR) is 129 cm³/mol. The third-order valence-electron chi connectivity index (χ3n) is 5.25. The summed E-state index contributed by atoms with van der Waals surface area (Å²) in [5, 5.41) is 0.440. The first-order valence-corrected chi connectivity index (χ1v) is 11.3. The van der Waals surface area contributed by atoms with E-state index in [0.717, 1.165) is 10.5 Å². The fourth-order valence-corrected chi connectivity index (χ4v) is 3.91. The molecule has 0 saturated carbocycles. The van der Waals surface area contributed by atoms with Crippen molar-refractivity contribution in [1.82, 2.24) is 0 Å². The molecule has 0 bridgehead atoms. The average Bonchev–Trinajstić information content (AvgIpc) is 3.29. The highest BCUT2D eigenvalue weighted by Crippen LogP contribution is 2.39. The molecule has 0 radical (unpaired) electrons. The monoisotopic (exact) mass is 574 g/mol.